The van der Waals surface area contributed by atoms with Crippen LogP contribution in [0.2, 0.25) is 0 Å². The van der Waals surface area contributed by atoms with Crippen molar-refractivity contribution in [2.75, 3.05) is 6.61 Å². The van der Waals surface area contributed by atoms with Gasteiger partial charge in [-0.1, -0.05) is 34.8 Å². The molecule has 10 heteroatoms. The van der Waals surface area contributed by atoms with Gasteiger partial charge >= 0.3 is 11.9 Å². The maximum absolute atomic E-state index is 10.8. The van der Waals surface area contributed by atoms with Crippen LogP contribution in [0.15, 0.2) is 5.57 Å². The summed E-state index contributed by atoms with van der Waals surface area (Å²) in [6.07, 6.45) is -0.801. The van der Waals surface area contributed by atoms with Gasteiger partial charge in [-0.05, 0) is 0 Å². The standard InChI is InChI=1S/C8H8Cl3NO6/c9-8(10,11)3-18-12-6(7(16)17)4(2-13)1-5(14)15/h6,12H,1,3H2,(H,14,15)(H,16,17)/t6-/m0/s1. The van der Waals surface area contributed by atoms with E-state index in [0.717, 1.165) is 0 Å². The zero-order valence-corrected chi connectivity index (χ0v) is 10.9. The van der Waals surface area contributed by atoms with Gasteiger partial charge in [0.1, 0.15) is 12.5 Å². The van der Waals surface area contributed by atoms with Crippen molar-refractivity contribution in [3.05, 3.63) is 5.57 Å². The van der Waals surface area contributed by atoms with E-state index in [2.05, 4.69) is 4.84 Å². The minimum absolute atomic E-state index is 0.499. The van der Waals surface area contributed by atoms with Crippen LogP contribution < -0.4 is 5.48 Å². The van der Waals surface area contributed by atoms with E-state index in [0.29, 0.717) is 0 Å². The number of carboxylic acids is 2. The van der Waals surface area contributed by atoms with Gasteiger partial charge in [0.05, 0.1) is 12.0 Å². The molecule has 0 saturated heterocycles. The highest BCUT2D eigenvalue weighted by Gasteiger charge is 2.27. The third kappa shape index (κ3) is 7.50. The summed E-state index contributed by atoms with van der Waals surface area (Å²) in [6.45, 7) is -0.499. The van der Waals surface area contributed by atoms with Crippen LogP contribution in [-0.2, 0) is 19.2 Å². The van der Waals surface area contributed by atoms with E-state index in [9.17, 15) is 14.4 Å². The summed E-state index contributed by atoms with van der Waals surface area (Å²) in [5, 5.41) is 17.3. The number of halogens is 3. The molecule has 7 nitrogen and oxygen atoms in total. The molecule has 0 aliphatic rings. The minimum Gasteiger partial charge on any atom is -0.481 e. The van der Waals surface area contributed by atoms with E-state index in [1.807, 2.05) is 5.48 Å². The summed E-state index contributed by atoms with van der Waals surface area (Å²) in [5.41, 5.74) is 1.36. The molecule has 0 spiro atoms. The summed E-state index contributed by atoms with van der Waals surface area (Å²) in [6, 6.07) is -1.69. The molecule has 18 heavy (non-hydrogen) atoms. The third-order valence-electron chi connectivity index (χ3n) is 1.51. The molecule has 0 aromatic rings. The predicted octanol–water partition coefficient (Wildman–Crippen LogP) is 0.564. The molecule has 0 unspecified atom stereocenters. The van der Waals surface area contributed by atoms with Crippen molar-refractivity contribution in [3.63, 3.8) is 0 Å². The lowest BCUT2D eigenvalue weighted by Crippen LogP contribution is -2.40. The number of carbonyl (C=O) groups excluding carboxylic acids is 1. The second-order valence-electron chi connectivity index (χ2n) is 2.99. The molecule has 0 fully saturated rings. The fraction of sp³-hybridized carbons (Fsp3) is 0.500. The number of aliphatic carboxylic acids is 2. The molecule has 0 aromatic heterocycles. The molecule has 0 rings (SSSR count). The maximum atomic E-state index is 10.8. The first-order valence-corrected chi connectivity index (χ1v) is 5.43. The number of hydroxylamine groups is 1. The van der Waals surface area contributed by atoms with Crippen LogP contribution in [0.25, 0.3) is 0 Å². The van der Waals surface area contributed by atoms with E-state index in [-0.39, 0.29) is 0 Å². The maximum Gasteiger partial charge on any atom is 0.328 e. The molecule has 0 bridgehead atoms. The van der Waals surface area contributed by atoms with Crippen molar-refractivity contribution >= 4 is 52.7 Å². The van der Waals surface area contributed by atoms with Crippen LogP contribution in [0, 0.1) is 0 Å². The Kier molecular flexibility index (Phi) is 7.23. The Labute approximate surface area is 116 Å². The van der Waals surface area contributed by atoms with Crippen molar-refractivity contribution < 1.29 is 29.4 Å². The predicted molar refractivity (Wildman–Crippen MR) is 62.3 cm³/mol. The van der Waals surface area contributed by atoms with Gasteiger partial charge < -0.3 is 10.2 Å². The van der Waals surface area contributed by atoms with E-state index in [1.165, 1.54) is 5.94 Å². The topological polar surface area (TPSA) is 113 Å². The van der Waals surface area contributed by atoms with Crippen LogP contribution in [0.1, 0.15) is 6.42 Å². The molecule has 0 aliphatic heterocycles. The number of nitrogens with one attached hydrogen (secondary N) is 1. The summed E-state index contributed by atoms with van der Waals surface area (Å²) in [4.78, 5) is 36.3. The van der Waals surface area contributed by atoms with Crippen molar-refractivity contribution in [1.82, 2.24) is 5.48 Å². The van der Waals surface area contributed by atoms with E-state index in [4.69, 9.17) is 45.0 Å². The SMILES string of the molecule is O=C=C(CC(=O)O)[C@H](NOCC(Cl)(Cl)Cl)C(=O)O. The van der Waals surface area contributed by atoms with Crippen LogP contribution in [0.5, 0.6) is 0 Å². The Morgan fingerprint density at radius 3 is 2.22 bits per heavy atom. The molecule has 0 aromatic carbocycles. The largest absolute Gasteiger partial charge is 0.481 e. The number of carbonyl (C=O) groups is 2. The lowest BCUT2D eigenvalue weighted by molar-refractivity contribution is -0.142. The quantitative estimate of drug-likeness (QED) is 0.357. The Morgan fingerprint density at radius 2 is 1.89 bits per heavy atom. The Bertz CT molecular complexity index is 374. The average molecular weight is 321 g/mol. The van der Waals surface area contributed by atoms with Crippen molar-refractivity contribution in [3.8, 4) is 0 Å². The monoisotopic (exact) mass is 319 g/mol. The molecule has 0 saturated carbocycles. The van der Waals surface area contributed by atoms with Crippen molar-refractivity contribution in [1.29, 1.82) is 0 Å². The fourth-order valence-corrected chi connectivity index (χ4v) is 1.00. The van der Waals surface area contributed by atoms with E-state index in [1.54, 1.807) is 0 Å². The van der Waals surface area contributed by atoms with E-state index >= 15 is 0 Å². The first-order valence-electron chi connectivity index (χ1n) is 4.30. The number of rotatable bonds is 7. The Balaban J connectivity index is 4.62. The number of hydrogen-bond acceptors (Lipinski definition) is 5. The number of carboxylic acid groups (broad SMARTS) is 2. The first-order chi connectivity index (χ1) is 8.17. The van der Waals surface area contributed by atoms with Gasteiger partial charge in [-0.2, -0.15) is 5.48 Å². The Hall–Kier alpha value is -0.820. The van der Waals surface area contributed by atoms with Gasteiger partial charge in [-0.25, -0.2) is 4.79 Å². The van der Waals surface area contributed by atoms with Gasteiger partial charge in [0, 0.05) is 0 Å². The Morgan fingerprint density at radius 1 is 1.33 bits per heavy atom. The van der Waals surface area contributed by atoms with Crippen molar-refractivity contribution in [2.24, 2.45) is 0 Å². The molecule has 0 aliphatic carbocycles. The van der Waals surface area contributed by atoms with Crippen LogP contribution in [0.4, 0.5) is 0 Å². The molecule has 102 valence electrons. The smallest absolute Gasteiger partial charge is 0.328 e. The molecule has 0 amide bonds. The summed E-state index contributed by atoms with van der Waals surface area (Å²) in [7, 11) is 0. The van der Waals surface area contributed by atoms with Gasteiger partial charge in [0.15, 0.2) is 6.04 Å². The lowest BCUT2D eigenvalue weighted by Gasteiger charge is -2.16. The van der Waals surface area contributed by atoms with Crippen LogP contribution in [0.3, 0.4) is 0 Å². The number of alkyl halides is 3. The van der Waals surface area contributed by atoms with Gasteiger partial charge in [-0.3, -0.25) is 14.4 Å². The highest BCUT2D eigenvalue weighted by molar-refractivity contribution is 6.67. The lowest BCUT2D eigenvalue weighted by atomic mass is 10.1. The highest BCUT2D eigenvalue weighted by atomic mass is 35.6. The molecule has 0 radical (unpaired) electrons. The molecular formula is C8H8Cl3NO6. The van der Waals surface area contributed by atoms with Crippen LogP contribution in [-0.4, -0.2) is 44.5 Å². The first kappa shape index (κ1) is 17.2. The molecular weight excluding hydrogens is 312 g/mol. The van der Waals surface area contributed by atoms with Crippen molar-refractivity contribution in [2.45, 2.75) is 16.3 Å². The summed E-state index contributed by atoms with van der Waals surface area (Å²) < 4.78 is -1.78. The average Bonchev–Trinajstić information content (AvgIpc) is 2.19. The zero-order chi connectivity index (χ0) is 14.3. The highest BCUT2D eigenvalue weighted by Crippen LogP contribution is 2.25. The molecule has 0 heterocycles. The second-order valence-corrected chi connectivity index (χ2v) is 5.51. The molecule has 1 atom stereocenters. The second kappa shape index (κ2) is 7.58. The van der Waals surface area contributed by atoms with Crippen LogP contribution >= 0.6 is 34.8 Å². The number of hydrogen-bond donors (Lipinski definition) is 3. The fourth-order valence-electron chi connectivity index (χ4n) is 0.837. The normalized spacial score (nSPS) is 12.6. The third-order valence-corrected chi connectivity index (χ3v) is 1.83. The summed E-state index contributed by atoms with van der Waals surface area (Å²) >= 11 is 16.0. The van der Waals surface area contributed by atoms with Gasteiger partial charge in [-0.15, -0.1) is 0 Å². The minimum atomic E-state index is -1.78. The van der Waals surface area contributed by atoms with E-state index < -0.39 is 40.4 Å². The van der Waals surface area contributed by atoms with Gasteiger partial charge in [0.2, 0.25) is 3.79 Å². The van der Waals surface area contributed by atoms with Gasteiger partial charge in [0.25, 0.3) is 0 Å². The zero-order valence-electron chi connectivity index (χ0n) is 8.65. The summed E-state index contributed by atoms with van der Waals surface area (Å²) in [5.74, 6) is -1.69. The molecule has 3 N–H and O–H groups in total.